The number of carbonyl (C=O) groups is 2. The number of hydrogen-bond acceptors (Lipinski definition) is 5. The van der Waals surface area contributed by atoms with E-state index < -0.39 is 15.9 Å². The molecule has 0 unspecified atom stereocenters. The summed E-state index contributed by atoms with van der Waals surface area (Å²) in [6, 6.07) is 6.26. The Morgan fingerprint density at radius 2 is 1.64 bits per heavy atom. The maximum Gasteiger partial charge on any atom is 0.309 e. The molecule has 0 spiro atoms. The number of anilines is 1. The lowest BCUT2D eigenvalue weighted by molar-refractivity contribution is -0.146. The molecular formula is C20H28N2O5S. The molecule has 0 aromatic heterocycles. The number of nitrogens with zero attached hydrogens (tertiary/aromatic N) is 1. The third-order valence-corrected chi connectivity index (χ3v) is 7.53. The van der Waals surface area contributed by atoms with Gasteiger partial charge in [0.2, 0.25) is 15.9 Å². The molecule has 154 valence electrons. The number of piperidine rings is 1. The molecule has 1 aliphatic carbocycles. The van der Waals surface area contributed by atoms with Gasteiger partial charge in [-0.3, -0.25) is 9.59 Å². The zero-order valence-corrected chi connectivity index (χ0v) is 17.0. The van der Waals surface area contributed by atoms with Gasteiger partial charge in [-0.1, -0.05) is 19.3 Å². The molecular weight excluding hydrogens is 380 g/mol. The molecule has 2 fully saturated rings. The van der Waals surface area contributed by atoms with Crippen LogP contribution in [0.4, 0.5) is 5.69 Å². The minimum Gasteiger partial charge on any atom is -0.469 e. The Bertz CT molecular complexity index is 800. The van der Waals surface area contributed by atoms with Crippen LogP contribution in [0.3, 0.4) is 0 Å². The average Bonchev–Trinajstić information content (AvgIpc) is 2.74. The summed E-state index contributed by atoms with van der Waals surface area (Å²) >= 11 is 0. The summed E-state index contributed by atoms with van der Waals surface area (Å²) in [4.78, 5) is 24.3. The van der Waals surface area contributed by atoms with E-state index >= 15 is 0 Å². The smallest absolute Gasteiger partial charge is 0.309 e. The third-order valence-electron chi connectivity index (χ3n) is 5.65. The molecule has 7 nitrogen and oxygen atoms in total. The number of sulfonamides is 1. The van der Waals surface area contributed by atoms with Crippen molar-refractivity contribution in [3.63, 3.8) is 0 Å². The zero-order valence-electron chi connectivity index (χ0n) is 16.2. The summed E-state index contributed by atoms with van der Waals surface area (Å²) in [7, 11) is -2.37. The first-order valence-corrected chi connectivity index (χ1v) is 11.3. The summed E-state index contributed by atoms with van der Waals surface area (Å²) in [5, 5.41) is 2.89. The van der Waals surface area contributed by atoms with Gasteiger partial charge in [-0.05, 0) is 49.9 Å². The molecule has 1 aliphatic heterocycles. The Labute approximate surface area is 166 Å². The van der Waals surface area contributed by atoms with Crippen LogP contribution in [0.15, 0.2) is 29.2 Å². The van der Waals surface area contributed by atoms with E-state index in [1.807, 2.05) is 0 Å². The number of nitrogens with one attached hydrogen (secondary N) is 1. The summed E-state index contributed by atoms with van der Waals surface area (Å²) in [6.45, 7) is 0.519. The summed E-state index contributed by atoms with van der Waals surface area (Å²) in [5.74, 6) is -0.753. The highest BCUT2D eigenvalue weighted by Crippen LogP contribution is 2.27. The largest absolute Gasteiger partial charge is 0.469 e. The Balaban J connectivity index is 1.66. The van der Waals surface area contributed by atoms with Crippen molar-refractivity contribution < 1.29 is 22.7 Å². The standard InChI is InChI=1S/C20H28N2O5S/c1-27-20(24)16-8-5-13-22(14-16)28(25,26)18-11-9-17(10-12-18)21-19(23)15-6-3-2-4-7-15/h9-12,15-16H,2-8,13-14H2,1H3,(H,21,23)/t16-/m1/s1. The van der Waals surface area contributed by atoms with Crippen molar-refractivity contribution in [2.24, 2.45) is 11.8 Å². The Morgan fingerprint density at radius 3 is 2.29 bits per heavy atom. The van der Waals surface area contributed by atoms with E-state index in [0.29, 0.717) is 25.1 Å². The van der Waals surface area contributed by atoms with Crippen LogP contribution in [-0.2, 0) is 24.3 Å². The van der Waals surface area contributed by atoms with Gasteiger partial charge in [0.05, 0.1) is 17.9 Å². The number of esters is 1. The molecule has 1 saturated carbocycles. The lowest BCUT2D eigenvalue weighted by Crippen LogP contribution is -2.42. The molecule has 0 bridgehead atoms. The van der Waals surface area contributed by atoms with Crippen molar-refractivity contribution in [3.8, 4) is 0 Å². The van der Waals surface area contributed by atoms with Gasteiger partial charge in [0.1, 0.15) is 0 Å². The number of rotatable bonds is 5. The van der Waals surface area contributed by atoms with Crippen molar-refractivity contribution in [1.82, 2.24) is 4.31 Å². The van der Waals surface area contributed by atoms with Crippen LogP contribution < -0.4 is 5.32 Å². The van der Waals surface area contributed by atoms with Gasteiger partial charge >= 0.3 is 5.97 Å². The van der Waals surface area contributed by atoms with Crippen molar-refractivity contribution in [3.05, 3.63) is 24.3 Å². The zero-order chi connectivity index (χ0) is 20.1. The minimum atomic E-state index is -3.69. The van der Waals surface area contributed by atoms with E-state index in [1.54, 1.807) is 12.1 Å². The van der Waals surface area contributed by atoms with Gasteiger partial charge < -0.3 is 10.1 Å². The molecule has 1 N–H and O–H groups in total. The van der Waals surface area contributed by atoms with Gasteiger partial charge in [0, 0.05) is 24.7 Å². The Kier molecular flexibility index (Phi) is 6.72. The highest BCUT2D eigenvalue weighted by Gasteiger charge is 2.33. The first-order valence-electron chi connectivity index (χ1n) is 9.90. The van der Waals surface area contributed by atoms with Gasteiger partial charge in [0.15, 0.2) is 0 Å². The fourth-order valence-corrected chi connectivity index (χ4v) is 5.51. The van der Waals surface area contributed by atoms with Gasteiger partial charge in [-0.2, -0.15) is 4.31 Å². The van der Waals surface area contributed by atoms with Crippen LogP contribution in [0.2, 0.25) is 0 Å². The van der Waals surface area contributed by atoms with Crippen molar-refractivity contribution >= 4 is 27.6 Å². The molecule has 3 rings (SSSR count). The molecule has 1 aromatic rings. The van der Waals surface area contributed by atoms with E-state index in [1.165, 1.54) is 30.0 Å². The fraction of sp³-hybridized carbons (Fsp3) is 0.600. The predicted octanol–water partition coefficient (Wildman–Crippen LogP) is 2.78. The van der Waals surface area contributed by atoms with Gasteiger partial charge in [-0.15, -0.1) is 0 Å². The molecule has 1 heterocycles. The van der Waals surface area contributed by atoms with Gasteiger partial charge in [0.25, 0.3) is 0 Å². The summed E-state index contributed by atoms with van der Waals surface area (Å²) in [6.07, 6.45) is 6.42. The van der Waals surface area contributed by atoms with Gasteiger partial charge in [-0.25, -0.2) is 8.42 Å². The summed E-state index contributed by atoms with van der Waals surface area (Å²) in [5.41, 5.74) is 0.598. The Hall–Kier alpha value is -1.93. The lowest BCUT2D eigenvalue weighted by Gasteiger charge is -2.30. The fourth-order valence-electron chi connectivity index (χ4n) is 3.99. The molecule has 2 aliphatic rings. The average molecular weight is 409 g/mol. The van der Waals surface area contributed by atoms with E-state index in [0.717, 1.165) is 25.7 Å². The molecule has 0 radical (unpaired) electrons. The number of carbonyl (C=O) groups excluding carboxylic acids is 2. The molecule has 8 heteroatoms. The number of amides is 1. The van der Waals surface area contributed by atoms with Crippen LogP contribution in [0.1, 0.15) is 44.9 Å². The van der Waals surface area contributed by atoms with Crippen LogP contribution in [0.5, 0.6) is 0 Å². The number of hydrogen-bond donors (Lipinski definition) is 1. The second-order valence-corrected chi connectivity index (χ2v) is 9.51. The first kappa shape index (κ1) is 20.8. The maximum absolute atomic E-state index is 12.9. The number of benzene rings is 1. The van der Waals surface area contributed by atoms with E-state index in [-0.39, 0.29) is 29.2 Å². The molecule has 28 heavy (non-hydrogen) atoms. The van der Waals surface area contributed by atoms with Crippen LogP contribution in [0, 0.1) is 11.8 Å². The summed E-state index contributed by atoms with van der Waals surface area (Å²) < 4.78 is 31.9. The Morgan fingerprint density at radius 1 is 1.00 bits per heavy atom. The molecule has 1 aromatic carbocycles. The second kappa shape index (κ2) is 9.05. The number of methoxy groups -OCH3 is 1. The molecule has 1 saturated heterocycles. The van der Waals surface area contributed by atoms with Crippen molar-refractivity contribution in [2.75, 3.05) is 25.5 Å². The van der Waals surface area contributed by atoms with Crippen LogP contribution in [0.25, 0.3) is 0 Å². The predicted molar refractivity (Wildman–Crippen MR) is 105 cm³/mol. The van der Waals surface area contributed by atoms with Crippen molar-refractivity contribution in [2.45, 2.75) is 49.8 Å². The monoisotopic (exact) mass is 408 g/mol. The first-order chi connectivity index (χ1) is 13.4. The maximum atomic E-state index is 12.9. The second-order valence-electron chi connectivity index (χ2n) is 7.57. The minimum absolute atomic E-state index is 0.00672. The van der Waals surface area contributed by atoms with Crippen LogP contribution in [-0.4, -0.2) is 44.8 Å². The number of ether oxygens (including phenoxy) is 1. The van der Waals surface area contributed by atoms with E-state index in [9.17, 15) is 18.0 Å². The SMILES string of the molecule is COC(=O)[C@@H]1CCCN(S(=O)(=O)c2ccc(NC(=O)C3CCCCC3)cc2)C1. The highest BCUT2D eigenvalue weighted by atomic mass is 32.2. The highest BCUT2D eigenvalue weighted by molar-refractivity contribution is 7.89. The molecule has 1 atom stereocenters. The van der Waals surface area contributed by atoms with E-state index in [2.05, 4.69) is 5.32 Å². The van der Waals surface area contributed by atoms with Crippen LogP contribution >= 0.6 is 0 Å². The normalized spacial score (nSPS) is 21.8. The van der Waals surface area contributed by atoms with Crippen molar-refractivity contribution in [1.29, 1.82) is 0 Å². The quantitative estimate of drug-likeness (QED) is 0.756. The van der Waals surface area contributed by atoms with E-state index in [4.69, 9.17) is 4.74 Å². The lowest BCUT2D eigenvalue weighted by atomic mass is 9.88. The third kappa shape index (κ3) is 4.72. The topological polar surface area (TPSA) is 92.8 Å². The molecule has 1 amide bonds.